The molecule has 2 amide bonds. The fraction of sp³-hybridized carbons (Fsp3) is 0.933. The van der Waals surface area contributed by atoms with Crippen molar-refractivity contribution in [3.63, 3.8) is 0 Å². The van der Waals surface area contributed by atoms with Crippen LogP contribution in [0.3, 0.4) is 0 Å². The van der Waals surface area contributed by atoms with Gasteiger partial charge in [-0.25, -0.2) is 4.79 Å². The standard InChI is InChI=1S/C15H27N3O2/c19-15(17-8-10-20-11-9-17)16-13-4-3-7-18(12-13)14-5-1-2-6-14/h13-14H,1-12H2,(H,16,19). The van der Waals surface area contributed by atoms with Gasteiger partial charge in [0.25, 0.3) is 0 Å². The van der Waals surface area contributed by atoms with Crippen molar-refractivity contribution in [1.29, 1.82) is 0 Å². The first kappa shape index (κ1) is 14.1. The predicted molar refractivity (Wildman–Crippen MR) is 77.8 cm³/mol. The Hall–Kier alpha value is -0.810. The minimum absolute atomic E-state index is 0.103. The third-order valence-electron chi connectivity index (χ3n) is 4.92. The molecule has 0 bridgehead atoms. The number of hydrogen-bond donors (Lipinski definition) is 1. The van der Waals surface area contributed by atoms with Gasteiger partial charge in [0, 0.05) is 31.7 Å². The Labute approximate surface area is 121 Å². The molecule has 0 radical (unpaired) electrons. The van der Waals surface area contributed by atoms with Crippen molar-refractivity contribution in [2.45, 2.75) is 50.6 Å². The maximum atomic E-state index is 12.2. The van der Waals surface area contributed by atoms with Crippen LogP contribution >= 0.6 is 0 Å². The van der Waals surface area contributed by atoms with Gasteiger partial charge in [-0.3, -0.25) is 4.90 Å². The summed E-state index contributed by atoms with van der Waals surface area (Å²) in [6.45, 7) is 5.06. The summed E-state index contributed by atoms with van der Waals surface area (Å²) >= 11 is 0. The van der Waals surface area contributed by atoms with E-state index in [1.807, 2.05) is 4.90 Å². The van der Waals surface area contributed by atoms with Gasteiger partial charge >= 0.3 is 6.03 Å². The number of urea groups is 1. The minimum Gasteiger partial charge on any atom is -0.378 e. The van der Waals surface area contributed by atoms with Crippen molar-refractivity contribution in [1.82, 2.24) is 15.1 Å². The van der Waals surface area contributed by atoms with Gasteiger partial charge in [-0.2, -0.15) is 0 Å². The highest BCUT2D eigenvalue weighted by Crippen LogP contribution is 2.26. The van der Waals surface area contributed by atoms with E-state index in [0.29, 0.717) is 19.3 Å². The summed E-state index contributed by atoms with van der Waals surface area (Å²) in [5, 5.41) is 3.23. The number of amides is 2. The summed E-state index contributed by atoms with van der Waals surface area (Å²) in [5.41, 5.74) is 0. The number of carbonyl (C=O) groups excluding carboxylic acids is 1. The molecule has 0 aromatic heterocycles. The maximum absolute atomic E-state index is 12.2. The molecule has 1 unspecified atom stereocenters. The minimum atomic E-state index is 0.103. The van der Waals surface area contributed by atoms with Gasteiger partial charge < -0.3 is 15.0 Å². The lowest BCUT2D eigenvalue weighted by Gasteiger charge is -2.38. The van der Waals surface area contributed by atoms with E-state index in [0.717, 1.165) is 32.1 Å². The molecule has 5 nitrogen and oxygen atoms in total. The summed E-state index contributed by atoms with van der Waals surface area (Å²) < 4.78 is 5.29. The van der Waals surface area contributed by atoms with Crippen molar-refractivity contribution in [3.8, 4) is 0 Å². The average molecular weight is 281 g/mol. The summed E-state index contributed by atoms with van der Waals surface area (Å²) in [6, 6.07) is 1.21. The molecule has 2 saturated heterocycles. The summed E-state index contributed by atoms with van der Waals surface area (Å²) in [6.07, 6.45) is 7.80. The number of piperidine rings is 1. The zero-order valence-electron chi connectivity index (χ0n) is 12.4. The maximum Gasteiger partial charge on any atom is 0.317 e. The molecule has 3 rings (SSSR count). The number of nitrogens with one attached hydrogen (secondary N) is 1. The highest BCUT2D eigenvalue weighted by molar-refractivity contribution is 5.74. The van der Waals surface area contributed by atoms with Crippen LogP contribution in [-0.4, -0.2) is 67.3 Å². The zero-order valence-corrected chi connectivity index (χ0v) is 12.4. The van der Waals surface area contributed by atoms with Crippen molar-refractivity contribution < 1.29 is 9.53 Å². The normalized spacial score (nSPS) is 29.6. The molecule has 20 heavy (non-hydrogen) atoms. The van der Waals surface area contributed by atoms with Crippen LogP contribution < -0.4 is 5.32 Å². The number of likely N-dealkylation sites (tertiary alicyclic amines) is 1. The van der Waals surface area contributed by atoms with Crippen molar-refractivity contribution in [2.24, 2.45) is 0 Å². The quantitative estimate of drug-likeness (QED) is 0.833. The van der Waals surface area contributed by atoms with Gasteiger partial charge in [-0.15, -0.1) is 0 Å². The van der Waals surface area contributed by atoms with Crippen molar-refractivity contribution >= 4 is 6.03 Å². The Bertz CT molecular complexity index is 325. The fourth-order valence-corrected chi connectivity index (χ4v) is 3.76. The smallest absolute Gasteiger partial charge is 0.317 e. The molecule has 0 aromatic carbocycles. The second kappa shape index (κ2) is 6.76. The molecule has 5 heteroatoms. The van der Waals surface area contributed by atoms with Gasteiger partial charge in [-0.1, -0.05) is 12.8 Å². The van der Waals surface area contributed by atoms with E-state index >= 15 is 0 Å². The number of ether oxygens (including phenoxy) is 1. The van der Waals surface area contributed by atoms with E-state index in [1.165, 1.54) is 38.6 Å². The van der Waals surface area contributed by atoms with Gasteiger partial charge in [0.05, 0.1) is 13.2 Å². The van der Waals surface area contributed by atoms with Crippen LogP contribution in [0.25, 0.3) is 0 Å². The topological polar surface area (TPSA) is 44.8 Å². The molecule has 0 spiro atoms. The molecule has 1 aliphatic carbocycles. The molecular weight excluding hydrogens is 254 g/mol. The largest absolute Gasteiger partial charge is 0.378 e. The molecule has 2 aliphatic heterocycles. The molecule has 1 saturated carbocycles. The Morgan fingerprint density at radius 2 is 1.75 bits per heavy atom. The Kier molecular flexibility index (Phi) is 4.78. The van der Waals surface area contributed by atoms with E-state index in [-0.39, 0.29) is 6.03 Å². The number of morpholine rings is 1. The molecular formula is C15H27N3O2. The van der Waals surface area contributed by atoms with E-state index < -0.39 is 0 Å². The van der Waals surface area contributed by atoms with Crippen LogP contribution in [0.15, 0.2) is 0 Å². The first-order valence-corrected chi connectivity index (χ1v) is 8.20. The van der Waals surface area contributed by atoms with Gasteiger partial charge in [-0.05, 0) is 32.2 Å². The molecule has 0 aromatic rings. The average Bonchev–Trinajstić information content (AvgIpc) is 3.03. The Morgan fingerprint density at radius 3 is 2.50 bits per heavy atom. The summed E-state index contributed by atoms with van der Waals surface area (Å²) in [7, 11) is 0. The van der Waals surface area contributed by atoms with Crippen LogP contribution in [-0.2, 0) is 4.74 Å². The molecule has 2 heterocycles. The number of rotatable bonds is 2. The number of hydrogen-bond acceptors (Lipinski definition) is 3. The fourth-order valence-electron chi connectivity index (χ4n) is 3.76. The second-order valence-corrected chi connectivity index (χ2v) is 6.32. The first-order chi connectivity index (χ1) is 9.83. The number of carbonyl (C=O) groups is 1. The summed E-state index contributed by atoms with van der Waals surface area (Å²) in [5.74, 6) is 0. The van der Waals surface area contributed by atoms with E-state index in [9.17, 15) is 4.79 Å². The Morgan fingerprint density at radius 1 is 1.00 bits per heavy atom. The van der Waals surface area contributed by atoms with Crippen molar-refractivity contribution in [2.75, 3.05) is 39.4 Å². The molecule has 114 valence electrons. The lowest BCUT2D eigenvalue weighted by atomic mass is 10.0. The molecule has 3 aliphatic rings. The zero-order chi connectivity index (χ0) is 13.8. The third-order valence-corrected chi connectivity index (χ3v) is 4.92. The van der Waals surface area contributed by atoms with E-state index in [2.05, 4.69) is 10.2 Å². The van der Waals surface area contributed by atoms with E-state index in [1.54, 1.807) is 0 Å². The molecule has 3 fully saturated rings. The van der Waals surface area contributed by atoms with Crippen LogP contribution in [0.4, 0.5) is 4.79 Å². The first-order valence-electron chi connectivity index (χ1n) is 8.20. The van der Waals surface area contributed by atoms with E-state index in [4.69, 9.17) is 4.74 Å². The third kappa shape index (κ3) is 3.44. The monoisotopic (exact) mass is 281 g/mol. The molecule has 1 N–H and O–H groups in total. The second-order valence-electron chi connectivity index (χ2n) is 6.32. The highest BCUT2D eigenvalue weighted by Gasteiger charge is 2.29. The van der Waals surface area contributed by atoms with Gasteiger partial charge in [0.1, 0.15) is 0 Å². The lowest BCUT2D eigenvalue weighted by Crippen LogP contribution is -2.54. The number of nitrogens with zero attached hydrogens (tertiary/aromatic N) is 2. The summed E-state index contributed by atoms with van der Waals surface area (Å²) in [4.78, 5) is 16.7. The van der Waals surface area contributed by atoms with Gasteiger partial charge in [0.2, 0.25) is 0 Å². The molecule has 1 atom stereocenters. The Balaban J connectivity index is 1.47. The highest BCUT2D eigenvalue weighted by atomic mass is 16.5. The van der Waals surface area contributed by atoms with Crippen molar-refractivity contribution in [3.05, 3.63) is 0 Å². The predicted octanol–water partition coefficient (Wildman–Crippen LogP) is 1.44. The van der Waals surface area contributed by atoms with Crippen LogP contribution in [0, 0.1) is 0 Å². The van der Waals surface area contributed by atoms with Crippen LogP contribution in [0.2, 0.25) is 0 Å². The van der Waals surface area contributed by atoms with Gasteiger partial charge in [0.15, 0.2) is 0 Å². The lowest BCUT2D eigenvalue weighted by molar-refractivity contribution is 0.0508. The SMILES string of the molecule is O=C(NC1CCCN(C2CCCC2)C1)N1CCOCC1. The van der Waals surface area contributed by atoms with Crippen LogP contribution in [0.1, 0.15) is 38.5 Å². The van der Waals surface area contributed by atoms with Crippen LogP contribution in [0.5, 0.6) is 0 Å².